The molecule has 0 spiro atoms. The molecule has 0 saturated carbocycles. The molecule has 146 valence electrons. The van der Waals surface area contributed by atoms with Gasteiger partial charge in [-0.1, -0.05) is 6.07 Å². The second-order valence-corrected chi connectivity index (χ2v) is 6.33. The summed E-state index contributed by atoms with van der Waals surface area (Å²) in [4.78, 5) is 34.8. The van der Waals surface area contributed by atoms with Crippen LogP contribution in [-0.4, -0.2) is 36.5 Å². The first-order chi connectivity index (χ1) is 13.3. The average Bonchev–Trinajstić information content (AvgIpc) is 2.65. The van der Waals surface area contributed by atoms with Crippen molar-refractivity contribution >= 4 is 17.7 Å². The summed E-state index contributed by atoms with van der Waals surface area (Å²) in [5.41, 5.74) is 6.25. The number of nitrogens with two attached hydrogens (primary N) is 1. The number of Topliss-reactive ketones (excluding diaryl/α,β-unsaturated/α-hetero) is 1. The average molecular weight is 385 g/mol. The summed E-state index contributed by atoms with van der Waals surface area (Å²) in [6, 6.07) is 7.84. The van der Waals surface area contributed by atoms with Crippen LogP contribution in [0, 0.1) is 0 Å². The number of esters is 1. The summed E-state index contributed by atoms with van der Waals surface area (Å²) in [7, 11) is 1.44. The van der Waals surface area contributed by atoms with Crippen molar-refractivity contribution in [3.05, 3.63) is 47.0 Å². The summed E-state index contributed by atoms with van der Waals surface area (Å²) >= 11 is 0. The maximum Gasteiger partial charge on any atom is 0.312 e. The van der Waals surface area contributed by atoms with E-state index in [2.05, 4.69) is 0 Å². The van der Waals surface area contributed by atoms with Crippen molar-refractivity contribution < 1.29 is 33.7 Å². The molecule has 0 unspecified atom stereocenters. The molecule has 0 aliphatic carbocycles. The Labute approximate surface area is 160 Å². The number of carbonyl (C=O) groups is 3. The normalized spacial score (nSPS) is 15.4. The molecular weight excluding hydrogens is 366 g/mol. The van der Waals surface area contributed by atoms with Crippen molar-refractivity contribution in [3.8, 4) is 23.0 Å². The summed E-state index contributed by atoms with van der Waals surface area (Å²) in [6.45, 7) is 1.04. The van der Waals surface area contributed by atoms with Gasteiger partial charge in [-0.3, -0.25) is 14.4 Å². The molecule has 0 saturated heterocycles. The molecule has 0 aromatic heterocycles. The van der Waals surface area contributed by atoms with Crippen molar-refractivity contribution in [2.75, 3.05) is 13.7 Å². The zero-order valence-electron chi connectivity index (χ0n) is 15.4. The van der Waals surface area contributed by atoms with Gasteiger partial charge in [0.2, 0.25) is 0 Å². The smallest absolute Gasteiger partial charge is 0.312 e. The molecule has 28 heavy (non-hydrogen) atoms. The Bertz CT molecular complexity index is 967. The second kappa shape index (κ2) is 7.59. The van der Waals surface area contributed by atoms with E-state index in [0.29, 0.717) is 22.6 Å². The Balaban J connectivity index is 2.07. The third-order valence-corrected chi connectivity index (χ3v) is 4.46. The van der Waals surface area contributed by atoms with E-state index in [9.17, 15) is 19.5 Å². The molecule has 2 aromatic carbocycles. The van der Waals surface area contributed by atoms with Crippen LogP contribution in [0.5, 0.6) is 23.0 Å². The SMILES string of the molecule is COc1cc([C@H]2CC(=O)Oc3ccc(C(C)=O)c(O)c32)ccc1OCC(N)=O. The van der Waals surface area contributed by atoms with Crippen molar-refractivity contribution in [3.63, 3.8) is 0 Å². The lowest BCUT2D eigenvalue weighted by Crippen LogP contribution is -2.22. The first kappa shape index (κ1) is 19.2. The van der Waals surface area contributed by atoms with Gasteiger partial charge in [0.25, 0.3) is 5.91 Å². The molecule has 3 rings (SSSR count). The highest BCUT2D eigenvalue weighted by Gasteiger charge is 2.33. The van der Waals surface area contributed by atoms with Crippen LogP contribution in [0.25, 0.3) is 0 Å². The summed E-state index contributed by atoms with van der Waals surface area (Å²) in [5.74, 6) is -1.30. The molecule has 1 atom stereocenters. The van der Waals surface area contributed by atoms with E-state index >= 15 is 0 Å². The van der Waals surface area contributed by atoms with Gasteiger partial charge in [0.15, 0.2) is 23.9 Å². The Morgan fingerprint density at radius 3 is 2.64 bits per heavy atom. The molecule has 8 nitrogen and oxygen atoms in total. The van der Waals surface area contributed by atoms with Gasteiger partial charge in [0, 0.05) is 11.5 Å². The maximum absolute atomic E-state index is 12.1. The highest BCUT2D eigenvalue weighted by atomic mass is 16.5. The van der Waals surface area contributed by atoms with Gasteiger partial charge in [0.1, 0.15) is 11.5 Å². The fourth-order valence-corrected chi connectivity index (χ4v) is 3.19. The third kappa shape index (κ3) is 3.62. The van der Waals surface area contributed by atoms with Crippen LogP contribution in [0.4, 0.5) is 0 Å². The molecular formula is C20H19NO7. The number of ketones is 1. The largest absolute Gasteiger partial charge is 0.507 e. The predicted octanol–water partition coefficient (Wildman–Crippen LogP) is 1.91. The Kier molecular flexibility index (Phi) is 5.21. The van der Waals surface area contributed by atoms with Gasteiger partial charge >= 0.3 is 5.97 Å². The minimum Gasteiger partial charge on any atom is -0.507 e. The van der Waals surface area contributed by atoms with Crippen molar-refractivity contribution in [1.29, 1.82) is 0 Å². The number of carbonyl (C=O) groups excluding carboxylic acids is 3. The molecule has 3 N–H and O–H groups in total. The van der Waals surface area contributed by atoms with Crippen LogP contribution in [0.2, 0.25) is 0 Å². The number of ether oxygens (including phenoxy) is 3. The van der Waals surface area contributed by atoms with Gasteiger partial charge in [-0.2, -0.15) is 0 Å². The lowest BCUT2D eigenvalue weighted by Gasteiger charge is -2.27. The number of rotatable bonds is 6. The molecule has 1 aliphatic rings. The molecule has 1 amide bonds. The van der Waals surface area contributed by atoms with E-state index in [1.165, 1.54) is 26.2 Å². The Morgan fingerprint density at radius 2 is 2.00 bits per heavy atom. The van der Waals surface area contributed by atoms with Crippen molar-refractivity contribution in [2.24, 2.45) is 5.73 Å². The highest BCUT2D eigenvalue weighted by molar-refractivity contribution is 5.98. The predicted molar refractivity (Wildman–Crippen MR) is 97.9 cm³/mol. The zero-order chi connectivity index (χ0) is 20.4. The molecule has 0 fully saturated rings. The first-order valence-electron chi connectivity index (χ1n) is 8.48. The number of amides is 1. The Hall–Kier alpha value is -3.55. The van der Waals surface area contributed by atoms with Crippen LogP contribution in [0.15, 0.2) is 30.3 Å². The van der Waals surface area contributed by atoms with E-state index in [1.54, 1.807) is 18.2 Å². The third-order valence-electron chi connectivity index (χ3n) is 4.46. The number of methoxy groups -OCH3 is 1. The van der Waals surface area contributed by atoms with E-state index < -0.39 is 17.8 Å². The van der Waals surface area contributed by atoms with Crippen LogP contribution in [0.1, 0.15) is 40.7 Å². The minimum atomic E-state index is -0.628. The van der Waals surface area contributed by atoms with E-state index in [4.69, 9.17) is 19.9 Å². The first-order valence-corrected chi connectivity index (χ1v) is 8.48. The van der Waals surface area contributed by atoms with Gasteiger partial charge in [0.05, 0.1) is 19.1 Å². The number of benzene rings is 2. The van der Waals surface area contributed by atoms with Gasteiger partial charge in [-0.15, -0.1) is 0 Å². The fraction of sp³-hybridized carbons (Fsp3) is 0.250. The van der Waals surface area contributed by atoms with Crippen LogP contribution < -0.4 is 19.9 Å². The topological polar surface area (TPSA) is 125 Å². The zero-order valence-corrected chi connectivity index (χ0v) is 15.4. The molecule has 1 heterocycles. The lowest BCUT2D eigenvalue weighted by atomic mass is 9.84. The van der Waals surface area contributed by atoms with E-state index in [1.807, 2.05) is 0 Å². The standard InChI is InChI=1S/C20H19NO7/c1-10(22)12-4-6-15-19(20(12)25)13(8-18(24)28-15)11-3-5-14(16(7-11)26-2)27-9-17(21)23/h3-7,13,25H,8-9H2,1-2H3,(H2,21,23)/t13-/m1/s1. The molecule has 0 radical (unpaired) electrons. The van der Waals surface area contributed by atoms with Crippen molar-refractivity contribution in [1.82, 2.24) is 0 Å². The van der Waals surface area contributed by atoms with Crippen LogP contribution in [-0.2, 0) is 9.59 Å². The number of primary amides is 1. The summed E-state index contributed by atoms with van der Waals surface area (Å²) in [5, 5.41) is 10.6. The van der Waals surface area contributed by atoms with E-state index in [-0.39, 0.29) is 35.9 Å². The second-order valence-electron chi connectivity index (χ2n) is 6.33. The minimum absolute atomic E-state index is 0.0213. The number of hydrogen-bond acceptors (Lipinski definition) is 7. The van der Waals surface area contributed by atoms with Crippen LogP contribution >= 0.6 is 0 Å². The lowest BCUT2D eigenvalue weighted by molar-refractivity contribution is -0.135. The monoisotopic (exact) mass is 385 g/mol. The fourth-order valence-electron chi connectivity index (χ4n) is 3.19. The number of phenolic OH excluding ortho intramolecular Hbond substituents is 1. The molecule has 0 bridgehead atoms. The molecule has 8 heteroatoms. The number of hydrogen-bond donors (Lipinski definition) is 2. The number of aromatic hydroxyl groups is 1. The maximum atomic E-state index is 12.1. The summed E-state index contributed by atoms with van der Waals surface area (Å²) < 4.78 is 15.8. The quantitative estimate of drug-likeness (QED) is 0.442. The molecule has 2 aromatic rings. The van der Waals surface area contributed by atoms with Gasteiger partial charge in [-0.05, 0) is 36.8 Å². The Morgan fingerprint density at radius 1 is 1.25 bits per heavy atom. The number of fused-ring (bicyclic) bond motifs is 1. The number of phenols is 1. The summed E-state index contributed by atoms with van der Waals surface area (Å²) in [6.07, 6.45) is -0.0213. The van der Waals surface area contributed by atoms with E-state index in [0.717, 1.165) is 0 Å². The van der Waals surface area contributed by atoms with Gasteiger partial charge < -0.3 is 25.1 Å². The van der Waals surface area contributed by atoms with Crippen molar-refractivity contribution in [2.45, 2.75) is 19.3 Å². The van der Waals surface area contributed by atoms with Crippen LogP contribution in [0.3, 0.4) is 0 Å². The molecule has 1 aliphatic heterocycles. The van der Waals surface area contributed by atoms with Gasteiger partial charge in [-0.25, -0.2) is 0 Å². The highest BCUT2D eigenvalue weighted by Crippen LogP contribution is 2.46.